The molecule has 1 aromatic rings. The van der Waals surface area contributed by atoms with E-state index in [0.717, 1.165) is 0 Å². The molecule has 20 heavy (non-hydrogen) atoms. The molecule has 0 aromatic heterocycles. The zero-order valence-corrected chi connectivity index (χ0v) is 12.1. The first-order chi connectivity index (χ1) is 9.38. The fourth-order valence-corrected chi connectivity index (χ4v) is 1.68. The van der Waals surface area contributed by atoms with Gasteiger partial charge >= 0.3 is 5.97 Å². The Bertz CT molecular complexity index is 518. The number of nitrogens with two attached hydrogens (primary N) is 1. The second kappa shape index (κ2) is 6.80. The zero-order chi connectivity index (χ0) is 15.2. The van der Waals surface area contributed by atoms with Crippen molar-refractivity contribution in [2.24, 2.45) is 5.41 Å². The average molecular weight is 276 g/mol. The lowest BCUT2D eigenvalue weighted by atomic mass is 9.90. The van der Waals surface area contributed by atoms with Gasteiger partial charge < -0.3 is 15.2 Å². The number of hydrogen-bond donors (Lipinski definition) is 1. The van der Waals surface area contributed by atoms with Crippen molar-refractivity contribution in [1.82, 2.24) is 0 Å². The van der Waals surface area contributed by atoms with Crippen LogP contribution in [0.2, 0.25) is 0 Å². The van der Waals surface area contributed by atoms with Crippen LogP contribution in [-0.4, -0.2) is 19.7 Å². The lowest BCUT2D eigenvalue weighted by Crippen LogP contribution is -2.12. The van der Waals surface area contributed by atoms with Crippen molar-refractivity contribution in [3.63, 3.8) is 0 Å². The van der Waals surface area contributed by atoms with E-state index in [1.54, 1.807) is 18.2 Å². The van der Waals surface area contributed by atoms with E-state index in [2.05, 4.69) is 6.07 Å². The number of methoxy groups -OCH3 is 1. The van der Waals surface area contributed by atoms with Gasteiger partial charge in [-0.15, -0.1) is 0 Å². The summed E-state index contributed by atoms with van der Waals surface area (Å²) in [6.07, 6.45) is 1.32. The van der Waals surface area contributed by atoms with E-state index in [1.165, 1.54) is 7.11 Å². The van der Waals surface area contributed by atoms with Crippen LogP contribution in [0.3, 0.4) is 0 Å². The molecule has 0 saturated carbocycles. The third kappa shape index (κ3) is 4.81. The summed E-state index contributed by atoms with van der Waals surface area (Å²) < 4.78 is 10.2. The molecule has 0 amide bonds. The Balaban J connectivity index is 2.52. The molecule has 2 N–H and O–H groups in total. The lowest BCUT2D eigenvalue weighted by Gasteiger charge is -2.14. The number of carbonyl (C=O) groups excluding carboxylic acids is 1. The Morgan fingerprint density at radius 3 is 2.70 bits per heavy atom. The quantitative estimate of drug-likeness (QED) is 0.490. The predicted molar refractivity (Wildman–Crippen MR) is 76.3 cm³/mol. The average Bonchev–Trinajstić information content (AvgIpc) is 2.42. The van der Waals surface area contributed by atoms with E-state index in [4.69, 9.17) is 20.5 Å². The number of ether oxygens (including phenoxy) is 2. The largest absolute Gasteiger partial charge is 0.497 e. The molecule has 0 heterocycles. The van der Waals surface area contributed by atoms with E-state index in [-0.39, 0.29) is 6.61 Å². The van der Waals surface area contributed by atoms with Crippen molar-refractivity contribution in [3.8, 4) is 11.8 Å². The normalized spacial score (nSPS) is 10.7. The van der Waals surface area contributed by atoms with Crippen molar-refractivity contribution in [2.75, 3.05) is 19.5 Å². The van der Waals surface area contributed by atoms with Gasteiger partial charge in [-0.25, -0.2) is 4.79 Å². The molecule has 0 bridgehead atoms. The van der Waals surface area contributed by atoms with Crippen LogP contribution in [0.25, 0.3) is 0 Å². The number of hydrogen-bond acceptors (Lipinski definition) is 5. The maximum absolute atomic E-state index is 11.9. The summed E-state index contributed by atoms with van der Waals surface area (Å²) in [5.74, 6) is 0.0768. The molecule has 0 aliphatic rings. The van der Waals surface area contributed by atoms with Crippen LogP contribution < -0.4 is 10.5 Å². The Morgan fingerprint density at radius 1 is 1.40 bits per heavy atom. The third-order valence-corrected chi connectivity index (χ3v) is 2.88. The zero-order valence-electron chi connectivity index (χ0n) is 12.1. The molecule has 0 fully saturated rings. The highest BCUT2D eigenvalue weighted by molar-refractivity contribution is 5.91. The minimum Gasteiger partial charge on any atom is -0.497 e. The minimum atomic E-state index is -0.439. The molecule has 0 spiro atoms. The van der Waals surface area contributed by atoms with Crippen LogP contribution >= 0.6 is 0 Å². The van der Waals surface area contributed by atoms with Gasteiger partial charge in [0.15, 0.2) is 0 Å². The summed E-state index contributed by atoms with van der Waals surface area (Å²) >= 11 is 0. The summed E-state index contributed by atoms with van der Waals surface area (Å²) in [4.78, 5) is 11.9. The first-order valence-corrected chi connectivity index (χ1v) is 6.41. The molecule has 0 aliphatic heterocycles. The summed E-state index contributed by atoms with van der Waals surface area (Å²) in [5, 5.41) is 8.88. The van der Waals surface area contributed by atoms with Gasteiger partial charge in [0.1, 0.15) is 5.75 Å². The van der Waals surface area contributed by atoms with E-state index in [0.29, 0.717) is 29.8 Å². The van der Waals surface area contributed by atoms with Crippen LogP contribution in [0.5, 0.6) is 5.75 Å². The highest BCUT2D eigenvalue weighted by Gasteiger charge is 2.16. The number of nitrogen functional groups attached to an aromatic ring is 1. The predicted octanol–water partition coefficient (Wildman–Crippen LogP) is 2.76. The minimum absolute atomic E-state index is 0.279. The molecule has 108 valence electrons. The lowest BCUT2D eigenvalue weighted by molar-refractivity contribution is 0.0490. The smallest absolute Gasteiger partial charge is 0.338 e. The van der Waals surface area contributed by atoms with E-state index in [9.17, 15) is 4.79 Å². The molecule has 1 rings (SSSR count). The second-order valence-corrected chi connectivity index (χ2v) is 5.23. The summed E-state index contributed by atoms with van der Waals surface area (Å²) in [6.45, 7) is 4.00. The first-order valence-electron chi connectivity index (χ1n) is 6.41. The standard InChI is InChI=1S/C15H20N2O3/c1-15(2,10-16)5-4-6-20-14(18)11-7-12(17)9-13(8-11)19-3/h7-9H,4-6,17H2,1-3H3. The molecule has 0 atom stereocenters. The topological polar surface area (TPSA) is 85.3 Å². The van der Waals surface area contributed by atoms with Gasteiger partial charge in [-0.05, 0) is 38.8 Å². The van der Waals surface area contributed by atoms with Crippen molar-refractivity contribution < 1.29 is 14.3 Å². The number of nitrogens with zero attached hydrogens (tertiary/aromatic N) is 1. The van der Waals surface area contributed by atoms with Gasteiger partial charge in [0.2, 0.25) is 0 Å². The molecular weight excluding hydrogens is 256 g/mol. The Hall–Kier alpha value is -2.22. The second-order valence-electron chi connectivity index (χ2n) is 5.23. The molecule has 5 nitrogen and oxygen atoms in total. The third-order valence-electron chi connectivity index (χ3n) is 2.88. The SMILES string of the molecule is COc1cc(N)cc(C(=O)OCCCC(C)(C)C#N)c1. The molecule has 0 saturated heterocycles. The maximum atomic E-state index is 11.9. The molecule has 1 aromatic carbocycles. The van der Waals surface area contributed by atoms with Crippen LogP contribution in [0.15, 0.2) is 18.2 Å². The van der Waals surface area contributed by atoms with Crippen molar-refractivity contribution >= 4 is 11.7 Å². The number of nitriles is 1. The highest BCUT2D eigenvalue weighted by Crippen LogP contribution is 2.21. The van der Waals surface area contributed by atoms with Crippen LogP contribution in [0, 0.1) is 16.7 Å². The van der Waals surface area contributed by atoms with Crippen molar-refractivity contribution in [3.05, 3.63) is 23.8 Å². The Morgan fingerprint density at radius 2 is 2.10 bits per heavy atom. The number of anilines is 1. The van der Waals surface area contributed by atoms with Crippen LogP contribution in [0.4, 0.5) is 5.69 Å². The van der Waals surface area contributed by atoms with E-state index in [1.807, 2.05) is 13.8 Å². The van der Waals surface area contributed by atoms with Gasteiger partial charge in [-0.3, -0.25) is 0 Å². The Labute approximate surface area is 119 Å². The highest BCUT2D eigenvalue weighted by atomic mass is 16.5. The Kier molecular flexibility index (Phi) is 5.39. The van der Waals surface area contributed by atoms with Crippen LogP contribution in [0.1, 0.15) is 37.0 Å². The van der Waals surface area contributed by atoms with Crippen LogP contribution in [-0.2, 0) is 4.74 Å². The summed E-state index contributed by atoms with van der Waals surface area (Å²) in [7, 11) is 1.51. The maximum Gasteiger partial charge on any atom is 0.338 e. The van der Waals surface area contributed by atoms with E-state index < -0.39 is 11.4 Å². The number of esters is 1. The number of benzene rings is 1. The fraction of sp³-hybridized carbons (Fsp3) is 0.467. The van der Waals surface area contributed by atoms with Gasteiger partial charge in [-0.1, -0.05) is 0 Å². The first kappa shape index (κ1) is 15.8. The number of carbonyl (C=O) groups is 1. The molecule has 0 unspecified atom stereocenters. The van der Waals surface area contributed by atoms with E-state index >= 15 is 0 Å². The van der Waals surface area contributed by atoms with Crippen molar-refractivity contribution in [2.45, 2.75) is 26.7 Å². The monoisotopic (exact) mass is 276 g/mol. The van der Waals surface area contributed by atoms with Gasteiger partial charge in [-0.2, -0.15) is 5.26 Å². The van der Waals surface area contributed by atoms with Crippen molar-refractivity contribution in [1.29, 1.82) is 5.26 Å². The summed E-state index contributed by atoms with van der Waals surface area (Å²) in [5.41, 5.74) is 6.09. The molecule has 5 heteroatoms. The molecule has 0 radical (unpaired) electrons. The van der Waals surface area contributed by atoms with Gasteiger partial charge in [0.25, 0.3) is 0 Å². The summed E-state index contributed by atoms with van der Waals surface area (Å²) in [6, 6.07) is 6.97. The molecular formula is C15H20N2O3. The molecule has 0 aliphatic carbocycles. The fourth-order valence-electron chi connectivity index (χ4n) is 1.68. The van der Waals surface area contributed by atoms with Gasteiger partial charge in [0, 0.05) is 11.8 Å². The van der Waals surface area contributed by atoms with Gasteiger partial charge in [0.05, 0.1) is 30.8 Å². The number of rotatable bonds is 6.